The molecule has 1 aromatic carbocycles. The zero-order valence-electron chi connectivity index (χ0n) is 15.2. The minimum atomic E-state index is -0.562. The fourth-order valence-corrected chi connectivity index (χ4v) is 3.44. The molecule has 0 atom stereocenters. The molecule has 1 amide bonds. The number of imidazole rings is 1. The van der Waals surface area contributed by atoms with Crippen molar-refractivity contribution in [2.45, 2.75) is 6.54 Å². The molecule has 4 aromatic rings. The number of carbonyl (C=O) groups excluding carboxylic acids is 1. The Kier molecular flexibility index (Phi) is 3.96. The molecule has 28 heavy (non-hydrogen) atoms. The second-order valence-electron chi connectivity index (χ2n) is 6.42. The van der Waals surface area contributed by atoms with E-state index in [9.17, 15) is 14.4 Å². The number of anilines is 1. The number of hydrogen-bond donors (Lipinski definition) is 2. The van der Waals surface area contributed by atoms with E-state index in [4.69, 9.17) is 5.73 Å². The van der Waals surface area contributed by atoms with Crippen molar-refractivity contribution in [2.75, 3.05) is 12.4 Å². The molecule has 0 aliphatic heterocycles. The minimum Gasteiger partial charge on any atom is -0.371 e. The number of amides is 1. The standard InChI is InChI=1S/C19H16FN7O/c1-23-18-16-17(26(2)9-24-16)13-6-14(27(8-15(22)28)19(13)25-18)11-3-10(7-21)4-12(20)5-11/h3-6,9H,8H2,1-2H3,(H2,22,28)(H,23,25). The number of nitrogens with zero attached hydrogens (tertiary/aromatic N) is 5. The van der Waals surface area contributed by atoms with E-state index >= 15 is 0 Å². The molecule has 0 saturated carbocycles. The topological polar surface area (TPSA) is 115 Å². The number of nitrogens with one attached hydrogen (secondary N) is 1. The SMILES string of the molecule is CNc1nc2c(cc(-c3cc(F)cc(C#N)c3)n2CC(N)=O)c2c1ncn2C. The third kappa shape index (κ3) is 2.63. The number of aryl methyl sites for hydroxylation is 1. The van der Waals surface area contributed by atoms with Gasteiger partial charge in [0.1, 0.15) is 23.5 Å². The molecule has 3 aromatic heterocycles. The van der Waals surface area contributed by atoms with Crippen molar-refractivity contribution in [3.8, 4) is 17.3 Å². The summed E-state index contributed by atoms with van der Waals surface area (Å²) in [5.74, 6) is -0.552. The molecule has 0 spiro atoms. The van der Waals surface area contributed by atoms with Gasteiger partial charge in [-0.3, -0.25) is 4.79 Å². The monoisotopic (exact) mass is 377 g/mol. The Labute approximate surface area is 159 Å². The third-order valence-electron chi connectivity index (χ3n) is 4.58. The number of carbonyl (C=O) groups is 1. The van der Waals surface area contributed by atoms with Gasteiger partial charge in [-0.25, -0.2) is 14.4 Å². The average Bonchev–Trinajstić information content (AvgIpc) is 3.21. The highest BCUT2D eigenvalue weighted by atomic mass is 19.1. The van der Waals surface area contributed by atoms with Gasteiger partial charge in [0.05, 0.1) is 29.2 Å². The summed E-state index contributed by atoms with van der Waals surface area (Å²) < 4.78 is 17.5. The van der Waals surface area contributed by atoms with E-state index in [-0.39, 0.29) is 12.1 Å². The van der Waals surface area contributed by atoms with Gasteiger partial charge >= 0.3 is 0 Å². The highest BCUT2D eigenvalue weighted by Crippen LogP contribution is 2.34. The predicted molar refractivity (Wildman–Crippen MR) is 103 cm³/mol. The molecular weight excluding hydrogens is 361 g/mol. The number of rotatable bonds is 4. The summed E-state index contributed by atoms with van der Waals surface area (Å²) in [6.45, 7) is -0.142. The average molecular weight is 377 g/mol. The maximum atomic E-state index is 14.0. The van der Waals surface area contributed by atoms with Crippen LogP contribution in [0.1, 0.15) is 5.56 Å². The molecule has 0 radical (unpaired) electrons. The van der Waals surface area contributed by atoms with Crippen LogP contribution in [0.2, 0.25) is 0 Å². The van der Waals surface area contributed by atoms with Gasteiger partial charge in [0.2, 0.25) is 5.91 Å². The molecule has 0 saturated heterocycles. The van der Waals surface area contributed by atoms with Gasteiger partial charge in [-0.1, -0.05) is 0 Å². The van der Waals surface area contributed by atoms with E-state index in [1.807, 2.05) is 23.8 Å². The van der Waals surface area contributed by atoms with Crippen LogP contribution in [0.15, 0.2) is 30.6 Å². The fourth-order valence-electron chi connectivity index (χ4n) is 3.44. The van der Waals surface area contributed by atoms with Gasteiger partial charge in [0.15, 0.2) is 5.82 Å². The molecule has 3 heterocycles. The summed E-state index contributed by atoms with van der Waals surface area (Å²) in [7, 11) is 3.59. The summed E-state index contributed by atoms with van der Waals surface area (Å²) in [5, 5.41) is 12.9. The lowest BCUT2D eigenvalue weighted by molar-refractivity contribution is -0.118. The second-order valence-corrected chi connectivity index (χ2v) is 6.42. The first kappa shape index (κ1) is 17.5. The predicted octanol–water partition coefficient (Wildman–Crippen LogP) is 2.13. The van der Waals surface area contributed by atoms with Crippen LogP contribution in [0.3, 0.4) is 0 Å². The number of pyridine rings is 1. The number of primary amides is 1. The Morgan fingerprint density at radius 3 is 2.82 bits per heavy atom. The van der Waals surface area contributed by atoms with Crippen molar-refractivity contribution < 1.29 is 9.18 Å². The first-order valence-electron chi connectivity index (χ1n) is 8.44. The summed E-state index contributed by atoms with van der Waals surface area (Å²) >= 11 is 0. The highest BCUT2D eigenvalue weighted by Gasteiger charge is 2.20. The van der Waals surface area contributed by atoms with Crippen LogP contribution in [-0.2, 0) is 18.4 Å². The van der Waals surface area contributed by atoms with Crippen molar-refractivity contribution in [3.05, 3.63) is 42.0 Å². The number of benzene rings is 1. The Hall–Kier alpha value is -3.93. The van der Waals surface area contributed by atoms with Gasteiger partial charge < -0.3 is 20.2 Å². The molecule has 3 N–H and O–H groups in total. The number of halogens is 1. The zero-order valence-corrected chi connectivity index (χ0v) is 15.2. The van der Waals surface area contributed by atoms with E-state index in [0.29, 0.717) is 28.2 Å². The molecule has 0 unspecified atom stereocenters. The molecule has 8 nitrogen and oxygen atoms in total. The number of fused-ring (bicyclic) bond motifs is 3. The summed E-state index contributed by atoms with van der Waals surface area (Å²) in [6, 6.07) is 7.78. The Balaban J connectivity index is 2.13. The Morgan fingerprint density at radius 2 is 2.14 bits per heavy atom. The second kappa shape index (κ2) is 6.35. The van der Waals surface area contributed by atoms with Crippen LogP contribution in [0.5, 0.6) is 0 Å². The number of nitriles is 1. The Morgan fingerprint density at radius 1 is 1.36 bits per heavy atom. The van der Waals surface area contributed by atoms with Crippen LogP contribution >= 0.6 is 0 Å². The number of nitrogens with two attached hydrogens (primary N) is 1. The minimum absolute atomic E-state index is 0.142. The maximum absolute atomic E-state index is 14.0. The Bertz CT molecular complexity index is 1300. The molecule has 0 bridgehead atoms. The van der Waals surface area contributed by atoms with Crippen LogP contribution in [0.25, 0.3) is 33.3 Å². The lowest BCUT2D eigenvalue weighted by Crippen LogP contribution is -2.19. The van der Waals surface area contributed by atoms with Crippen molar-refractivity contribution in [1.29, 1.82) is 5.26 Å². The van der Waals surface area contributed by atoms with Gasteiger partial charge in [-0.15, -0.1) is 0 Å². The first-order valence-corrected chi connectivity index (χ1v) is 8.44. The van der Waals surface area contributed by atoms with Crippen molar-refractivity contribution in [1.82, 2.24) is 19.1 Å². The molecule has 4 rings (SSSR count). The van der Waals surface area contributed by atoms with E-state index in [2.05, 4.69) is 15.3 Å². The molecular formula is C19H16FN7O. The summed E-state index contributed by atoms with van der Waals surface area (Å²) in [4.78, 5) is 20.7. The van der Waals surface area contributed by atoms with Crippen LogP contribution in [0.4, 0.5) is 10.2 Å². The fraction of sp³-hybridized carbons (Fsp3) is 0.158. The maximum Gasteiger partial charge on any atom is 0.237 e. The van der Waals surface area contributed by atoms with Gasteiger partial charge in [0, 0.05) is 25.0 Å². The van der Waals surface area contributed by atoms with Gasteiger partial charge in [-0.2, -0.15) is 5.26 Å². The largest absolute Gasteiger partial charge is 0.371 e. The van der Waals surface area contributed by atoms with E-state index in [1.54, 1.807) is 24.0 Å². The van der Waals surface area contributed by atoms with E-state index < -0.39 is 11.7 Å². The van der Waals surface area contributed by atoms with Gasteiger partial charge in [-0.05, 0) is 24.3 Å². The lowest BCUT2D eigenvalue weighted by Gasteiger charge is -2.10. The molecule has 0 aliphatic carbocycles. The third-order valence-corrected chi connectivity index (χ3v) is 4.58. The normalized spacial score (nSPS) is 11.1. The molecule has 0 aliphatic rings. The number of aromatic nitrogens is 4. The van der Waals surface area contributed by atoms with Gasteiger partial charge in [0.25, 0.3) is 0 Å². The number of hydrogen-bond acceptors (Lipinski definition) is 5. The smallest absolute Gasteiger partial charge is 0.237 e. The molecule has 0 fully saturated rings. The van der Waals surface area contributed by atoms with E-state index in [0.717, 1.165) is 17.0 Å². The lowest BCUT2D eigenvalue weighted by atomic mass is 10.1. The zero-order chi connectivity index (χ0) is 20.0. The summed E-state index contributed by atoms with van der Waals surface area (Å²) in [6.07, 6.45) is 1.67. The van der Waals surface area contributed by atoms with Crippen molar-refractivity contribution >= 4 is 33.8 Å². The van der Waals surface area contributed by atoms with Crippen LogP contribution < -0.4 is 11.1 Å². The quantitative estimate of drug-likeness (QED) is 0.565. The highest BCUT2D eigenvalue weighted by molar-refractivity contribution is 6.08. The first-order chi connectivity index (χ1) is 13.4. The summed E-state index contributed by atoms with van der Waals surface area (Å²) in [5.41, 5.74) is 8.63. The van der Waals surface area contributed by atoms with Crippen LogP contribution in [0, 0.1) is 17.1 Å². The molecule has 140 valence electrons. The van der Waals surface area contributed by atoms with Crippen molar-refractivity contribution in [3.63, 3.8) is 0 Å². The van der Waals surface area contributed by atoms with E-state index in [1.165, 1.54) is 6.07 Å². The van der Waals surface area contributed by atoms with Crippen molar-refractivity contribution in [2.24, 2.45) is 12.8 Å². The van der Waals surface area contributed by atoms with Crippen LogP contribution in [-0.4, -0.2) is 32.1 Å². The molecule has 9 heteroatoms.